The lowest BCUT2D eigenvalue weighted by molar-refractivity contribution is -0.128. The van der Waals surface area contributed by atoms with Crippen molar-refractivity contribution in [1.29, 1.82) is 0 Å². The van der Waals surface area contributed by atoms with Crippen molar-refractivity contribution in [2.24, 2.45) is 0 Å². The van der Waals surface area contributed by atoms with E-state index in [1.54, 1.807) is 11.3 Å². The molecule has 0 spiro atoms. The molecule has 0 radical (unpaired) electrons. The second kappa shape index (κ2) is 5.85. The lowest BCUT2D eigenvalue weighted by Crippen LogP contribution is -2.53. The van der Waals surface area contributed by atoms with Crippen LogP contribution in [0.1, 0.15) is 50.4 Å². The summed E-state index contributed by atoms with van der Waals surface area (Å²) < 4.78 is 0. The molecule has 1 aromatic heterocycles. The van der Waals surface area contributed by atoms with Gasteiger partial charge in [-0.3, -0.25) is 4.79 Å². The van der Waals surface area contributed by atoms with Gasteiger partial charge in [-0.2, -0.15) is 0 Å². The first-order chi connectivity index (χ1) is 8.68. The van der Waals surface area contributed by atoms with Crippen molar-refractivity contribution in [2.75, 3.05) is 6.54 Å². The Morgan fingerprint density at radius 1 is 1.67 bits per heavy atom. The van der Waals surface area contributed by atoms with Gasteiger partial charge in [0, 0.05) is 4.88 Å². The van der Waals surface area contributed by atoms with Crippen LogP contribution in [0.4, 0.5) is 0 Å². The van der Waals surface area contributed by atoms with E-state index in [0.29, 0.717) is 0 Å². The summed E-state index contributed by atoms with van der Waals surface area (Å²) in [6, 6.07) is 4.20. The number of thiophene rings is 1. The summed E-state index contributed by atoms with van der Waals surface area (Å²) in [4.78, 5) is 13.7. The summed E-state index contributed by atoms with van der Waals surface area (Å²) in [5.74, 6) is 0.169. The summed E-state index contributed by atoms with van der Waals surface area (Å²) in [5, 5.41) is 8.62. The van der Waals surface area contributed by atoms with Crippen molar-refractivity contribution < 1.29 is 4.79 Å². The number of carbonyl (C=O) groups is 1. The third kappa shape index (κ3) is 2.75. The number of hydrogen-bond donors (Lipinski definition) is 2. The Morgan fingerprint density at radius 2 is 2.50 bits per heavy atom. The van der Waals surface area contributed by atoms with E-state index in [4.69, 9.17) is 0 Å². The van der Waals surface area contributed by atoms with Gasteiger partial charge in [-0.1, -0.05) is 19.4 Å². The second-order valence-electron chi connectivity index (χ2n) is 5.07. The summed E-state index contributed by atoms with van der Waals surface area (Å²) in [7, 11) is 0. The average Bonchev–Trinajstić information content (AvgIpc) is 3.00. The topological polar surface area (TPSA) is 41.1 Å². The second-order valence-corrected chi connectivity index (χ2v) is 6.05. The molecule has 0 saturated carbocycles. The molecule has 1 fully saturated rings. The van der Waals surface area contributed by atoms with Crippen molar-refractivity contribution in [3.05, 3.63) is 22.4 Å². The summed E-state index contributed by atoms with van der Waals surface area (Å²) in [5.41, 5.74) is -0.319. The highest BCUT2D eigenvalue weighted by molar-refractivity contribution is 7.10. The fraction of sp³-hybridized carbons (Fsp3) is 0.643. The van der Waals surface area contributed by atoms with Gasteiger partial charge in [0.15, 0.2) is 0 Å². The van der Waals surface area contributed by atoms with E-state index in [-0.39, 0.29) is 17.5 Å². The molecule has 18 heavy (non-hydrogen) atoms. The third-order valence-electron chi connectivity index (χ3n) is 3.67. The van der Waals surface area contributed by atoms with Crippen LogP contribution in [-0.4, -0.2) is 18.0 Å². The molecule has 0 aliphatic carbocycles. The van der Waals surface area contributed by atoms with E-state index >= 15 is 0 Å². The molecule has 3 nitrogen and oxygen atoms in total. The Morgan fingerprint density at radius 3 is 3.06 bits per heavy atom. The largest absolute Gasteiger partial charge is 0.347 e. The molecule has 100 valence electrons. The zero-order valence-electron chi connectivity index (χ0n) is 11.2. The monoisotopic (exact) mass is 266 g/mol. The molecule has 2 rings (SSSR count). The van der Waals surface area contributed by atoms with Gasteiger partial charge >= 0.3 is 0 Å². The van der Waals surface area contributed by atoms with Gasteiger partial charge in [0.2, 0.25) is 5.91 Å². The van der Waals surface area contributed by atoms with E-state index in [0.717, 1.165) is 32.2 Å². The van der Waals surface area contributed by atoms with Crippen LogP contribution in [0.15, 0.2) is 17.5 Å². The molecule has 2 atom stereocenters. The van der Waals surface area contributed by atoms with Crippen LogP contribution in [0.5, 0.6) is 0 Å². The lowest BCUT2D eigenvalue weighted by atomic mass is 9.90. The zero-order valence-corrected chi connectivity index (χ0v) is 12.0. The van der Waals surface area contributed by atoms with Gasteiger partial charge in [-0.05, 0) is 44.2 Å². The minimum Gasteiger partial charge on any atom is -0.347 e. The molecule has 2 heterocycles. The number of carbonyl (C=O) groups excluding carboxylic acids is 1. The molecule has 0 aromatic carbocycles. The Balaban J connectivity index is 2.01. The molecular weight excluding hydrogens is 244 g/mol. The molecule has 2 N–H and O–H groups in total. The van der Waals surface area contributed by atoms with E-state index in [1.807, 2.05) is 11.4 Å². The van der Waals surface area contributed by atoms with Gasteiger partial charge in [0.1, 0.15) is 0 Å². The highest BCUT2D eigenvalue weighted by Gasteiger charge is 2.40. The van der Waals surface area contributed by atoms with Gasteiger partial charge in [-0.15, -0.1) is 11.3 Å². The molecule has 1 unspecified atom stereocenters. The highest BCUT2D eigenvalue weighted by Crippen LogP contribution is 2.27. The first kappa shape index (κ1) is 13.6. The normalized spacial score (nSPS) is 25.0. The predicted octanol–water partition coefficient (Wildman–Crippen LogP) is 2.85. The van der Waals surface area contributed by atoms with E-state index in [1.165, 1.54) is 4.88 Å². The Labute approximate surface area is 113 Å². The number of nitrogens with one attached hydrogen (secondary N) is 2. The third-order valence-corrected chi connectivity index (χ3v) is 4.73. The molecule has 1 saturated heterocycles. The zero-order chi connectivity index (χ0) is 13.0. The van der Waals surface area contributed by atoms with Crippen molar-refractivity contribution in [2.45, 2.75) is 51.1 Å². The van der Waals surface area contributed by atoms with Crippen LogP contribution in [0.3, 0.4) is 0 Å². The lowest BCUT2D eigenvalue weighted by Gasteiger charge is -2.29. The van der Waals surface area contributed by atoms with E-state index in [2.05, 4.69) is 30.5 Å². The van der Waals surface area contributed by atoms with Crippen molar-refractivity contribution in [1.82, 2.24) is 10.6 Å². The van der Waals surface area contributed by atoms with Crippen LogP contribution in [0, 0.1) is 0 Å². The molecule has 1 aliphatic rings. The SMILES string of the molecule is CCCC1(C(=O)N[C@H](C)c2cccs2)CCCN1. The van der Waals surface area contributed by atoms with Crippen LogP contribution in [0.25, 0.3) is 0 Å². The molecule has 4 heteroatoms. The van der Waals surface area contributed by atoms with Crippen molar-refractivity contribution >= 4 is 17.2 Å². The van der Waals surface area contributed by atoms with Crippen LogP contribution in [0.2, 0.25) is 0 Å². The maximum absolute atomic E-state index is 12.5. The quantitative estimate of drug-likeness (QED) is 0.860. The summed E-state index contributed by atoms with van der Waals surface area (Å²) in [6.07, 6.45) is 4.02. The molecule has 1 aliphatic heterocycles. The molecule has 1 aromatic rings. The molecule has 1 amide bonds. The van der Waals surface area contributed by atoms with Crippen LogP contribution in [-0.2, 0) is 4.79 Å². The predicted molar refractivity (Wildman–Crippen MR) is 75.8 cm³/mol. The first-order valence-electron chi connectivity index (χ1n) is 6.77. The first-order valence-corrected chi connectivity index (χ1v) is 7.65. The van der Waals surface area contributed by atoms with E-state index in [9.17, 15) is 4.79 Å². The Bertz CT molecular complexity index is 383. The van der Waals surface area contributed by atoms with Gasteiger partial charge < -0.3 is 10.6 Å². The summed E-state index contributed by atoms with van der Waals surface area (Å²) >= 11 is 1.69. The van der Waals surface area contributed by atoms with Crippen LogP contribution >= 0.6 is 11.3 Å². The van der Waals surface area contributed by atoms with Crippen LogP contribution < -0.4 is 10.6 Å². The summed E-state index contributed by atoms with van der Waals surface area (Å²) in [6.45, 7) is 5.15. The van der Waals surface area contributed by atoms with Gasteiger partial charge in [0.05, 0.1) is 11.6 Å². The maximum atomic E-state index is 12.5. The van der Waals surface area contributed by atoms with Gasteiger partial charge in [0.25, 0.3) is 0 Å². The average molecular weight is 266 g/mol. The molecule has 0 bridgehead atoms. The number of amides is 1. The Kier molecular flexibility index (Phi) is 4.40. The van der Waals surface area contributed by atoms with E-state index < -0.39 is 0 Å². The highest BCUT2D eigenvalue weighted by atomic mass is 32.1. The maximum Gasteiger partial charge on any atom is 0.240 e. The fourth-order valence-corrected chi connectivity index (χ4v) is 3.43. The smallest absolute Gasteiger partial charge is 0.240 e. The van der Waals surface area contributed by atoms with Gasteiger partial charge in [-0.25, -0.2) is 0 Å². The number of rotatable bonds is 5. The van der Waals surface area contributed by atoms with Crippen molar-refractivity contribution in [3.8, 4) is 0 Å². The number of hydrogen-bond acceptors (Lipinski definition) is 3. The minimum atomic E-state index is -0.319. The fourth-order valence-electron chi connectivity index (χ4n) is 2.70. The van der Waals surface area contributed by atoms with Crippen molar-refractivity contribution in [3.63, 3.8) is 0 Å². The Hall–Kier alpha value is -0.870. The minimum absolute atomic E-state index is 0.105. The standard InChI is InChI=1S/C14H22N2OS/c1-3-7-14(8-5-9-15-14)13(17)16-11(2)12-6-4-10-18-12/h4,6,10-11,15H,3,5,7-9H2,1-2H3,(H,16,17)/t11-,14?/m1/s1. The molecular formula is C14H22N2OS.